The zero-order valence-electron chi connectivity index (χ0n) is 10.6. The molecule has 0 amide bonds. The lowest BCUT2D eigenvalue weighted by molar-refractivity contribution is -0.137. The molecule has 0 aliphatic carbocycles. The monoisotopic (exact) mass is 257 g/mol. The first-order valence-electron chi connectivity index (χ1n) is 5.66. The number of nitrogens with zero attached hydrogens (tertiary/aromatic N) is 3. The number of aromatic nitrogens is 3. The zero-order valence-corrected chi connectivity index (χ0v) is 11.4. The van der Waals surface area contributed by atoms with Gasteiger partial charge in [0.1, 0.15) is 17.4 Å². The Morgan fingerprint density at radius 3 is 2.59 bits per heavy atom. The van der Waals surface area contributed by atoms with Crippen LogP contribution in [0.3, 0.4) is 0 Å². The molecular formula is C11H19N3O2S. The van der Waals surface area contributed by atoms with Crippen molar-refractivity contribution >= 4 is 17.7 Å². The lowest BCUT2D eigenvalue weighted by Gasteiger charge is -2.16. The molecule has 96 valence electrons. The average molecular weight is 257 g/mol. The highest BCUT2D eigenvalue weighted by Gasteiger charge is 2.22. The van der Waals surface area contributed by atoms with Crippen LogP contribution in [0.2, 0.25) is 0 Å². The van der Waals surface area contributed by atoms with Crippen LogP contribution in [-0.4, -0.2) is 31.1 Å². The third-order valence-electron chi connectivity index (χ3n) is 2.38. The molecule has 17 heavy (non-hydrogen) atoms. The van der Waals surface area contributed by atoms with E-state index in [4.69, 9.17) is 5.11 Å². The minimum absolute atomic E-state index is 0.105. The highest BCUT2D eigenvalue weighted by Crippen LogP contribution is 2.23. The Kier molecular flexibility index (Phi) is 4.99. The molecule has 0 fully saturated rings. The van der Waals surface area contributed by atoms with Crippen molar-refractivity contribution in [2.24, 2.45) is 5.92 Å². The summed E-state index contributed by atoms with van der Waals surface area (Å²) in [6.45, 7) is 7.89. The molecule has 1 rings (SSSR count). The highest BCUT2D eigenvalue weighted by atomic mass is 32.2. The van der Waals surface area contributed by atoms with E-state index in [1.54, 1.807) is 0 Å². The fourth-order valence-electron chi connectivity index (χ4n) is 1.52. The van der Waals surface area contributed by atoms with Gasteiger partial charge < -0.3 is 5.11 Å². The van der Waals surface area contributed by atoms with Gasteiger partial charge >= 0.3 is 5.97 Å². The molecule has 1 aromatic rings. The Bertz CT molecular complexity index is 377. The second kappa shape index (κ2) is 6.05. The quantitative estimate of drug-likeness (QED) is 0.846. The SMILES string of the molecule is CC(C)C(SCc1ncnn1C(C)C)C(=O)O. The molecule has 1 unspecified atom stereocenters. The molecule has 1 atom stereocenters. The molecule has 0 aromatic carbocycles. The van der Waals surface area contributed by atoms with Gasteiger partial charge in [-0.3, -0.25) is 4.79 Å². The van der Waals surface area contributed by atoms with Gasteiger partial charge in [0.05, 0.1) is 5.75 Å². The van der Waals surface area contributed by atoms with E-state index < -0.39 is 11.2 Å². The summed E-state index contributed by atoms with van der Waals surface area (Å²) in [7, 11) is 0. The maximum absolute atomic E-state index is 11.1. The first kappa shape index (κ1) is 14.0. The number of hydrogen-bond acceptors (Lipinski definition) is 4. The fraction of sp³-hybridized carbons (Fsp3) is 0.727. The summed E-state index contributed by atoms with van der Waals surface area (Å²) < 4.78 is 1.83. The van der Waals surface area contributed by atoms with Crippen LogP contribution in [-0.2, 0) is 10.5 Å². The van der Waals surface area contributed by atoms with E-state index in [9.17, 15) is 4.79 Å². The van der Waals surface area contributed by atoms with E-state index in [0.29, 0.717) is 5.75 Å². The van der Waals surface area contributed by atoms with Crippen LogP contribution < -0.4 is 0 Å². The standard InChI is InChI=1S/C11H19N3O2S/c1-7(2)10(11(15)16)17-5-9-12-6-13-14(9)8(3)4/h6-8,10H,5H2,1-4H3,(H,15,16). The molecule has 0 saturated heterocycles. The minimum Gasteiger partial charge on any atom is -0.480 e. The minimum atomic E-state index is -0.763. The molecular weight excluding hydrogens is 238 g/mol. The van der Waals surface area contributed by atoms with Crippen LogP contribution in [0.15, 0.2) is 6.33 Å². The first-order chi connectivity index (χ1) is 7.93. The molecule has 1 N–H and O–H groups in total. The van der Waals surface area contributed by atoms with Crippen LogP contribution in [0.4, 0.5) is 0 Å². The van der Waals surface area contributed by atoms with Crippen molar-refractivity contribution < 1.29 is 9.90 Å². The third-order valence-corrected chi connectivity index (χ3v) is 3.91. The Labute approximate surface area is 106 Å². The first-order valence-corrected chi connectivity index (χ1v) is 6.71. The van der Waals surface area contributed by atoms with Gasteiger partial charge in [-0.2, -0.15) is 5.10 Å². The summed E-state index contributed by atoms with van der Waals surface area (Å²) in [6, 6.07) is 0.246. The smallest absolute Gasteiger partial charge is 0.316 e. The van der Waals surface area contributed by atoms with Gasteiger partial charge in [0.2, 0.25) is 0 Å². The number of hydrogen-bond donors (Lipinski definition) is 1. The number of thioether (sulfide) groups is 1. The van der Waals surface area contributed by atoms with E-state index in [-0.39, 0.29) is 12.0 Å². The lowest BCUT2D eigenvalue weighted by Crippen LogP contribution is -2.23. The van der Waals surface area contributed by atoms with E-state index >= 15 is 0 Å². The number of carboxylic acids is 1. The van der Waals surface area contributed by atoms with Crippen molar-refractivity contribution in [2.45, 2.75) is 44.7 Å². The van der Waals surface area contributed by atoms with E-state index in [1.807, 2.05) is 32.4 Å². The van der Waals surface area contributed by atoms with Crippen molar-refractivity contribution in [3.63, 3.8) is 0 Å². The van der Waals surface area contributed by atoms with Gasteiger partial charge in [-0.05, 0) is 19.8 Å². The predicted octanol–water partition coefficient (Wildman–Crippen LogP) is 2.20. The summed E-state index contributed by atoms with van der Waals surface area (Å²) in [5, 5.41) is 12.8. The molecule has 6 heteroatoms. The van der Waals surface area contributed by atoms with Crippen LogP contribution >= 0.6 is 11.8 Å². The normalized spacial score (nSPS) is 13.3. The maximum Gasteiger partial charge on any atom is 0.316 e. The Morgan fingerprint density at radius 2 is 2.12 bits per heavy atom. The van der Waals surface area contributed by atoms with Gasteiger partial charge in [0.15, 0.2) is 0 Å². The maximum atomic E-state index is 11.1. The van der Waals surface area contributed by atoms with Gasteiger partial charge in [-0.1, -0.05) is 13.8 Å². The van der Waals surface area contributed by atoms with Gasteiger partial charge in [0, 0.05) is 6.04 Å². The van der Waals surface area contributed by atoms with Gasteiger partial charge in [-0.25, -0.2) is 9.67 Å². The fourth-order valence-corrected chi connectivity index (χ4v) is 2.58. The second-order valence-corrected chi connectivity index (χ2v) is 5.66. The van der Waals surface area contributed by atoms with Crippen molar-refractivity contribution in [1.29, 1.82) is 0 Å². The molecule has 1 aromatic heterocycles. The molecule has 1 heterocycles. The number of carboxylic acid groups (broad SMARTS) is 1. The molecule has 5 nitrogen and oxygen atoms in total. The summed E-state index contributed by atoms with van der Waals surface area (Å²) >= 11 is 1.40. The van der Waals surface area contributed by atoms with E-state index in [2.05, 4.69) is 10.1 Å². The number of aliphatic carboxylic acids is 1. The van der Waals surface area contributed by atoms with E-state index in [0.717, 1.165) is 5.82 Å². The second-order valence-electron chi connectivity index (χ2n) is 4.53. The van der Waals surface area contributed by atoms with Crippen molar-refractivity contribution in [3.05, 3.63) is 12.2 Å². The molecule has 0 spiro atoms. The third kappa shape index (κ3) is 3.73. The molecule has 0 radical (unpaired) electrons. The van der Waals surface area contributed by atoms with Gasteiger partial charge in [-0.15, -0.1) is 11.8 Å². The topological polar surface area (TPSA) is 68.0 Å². The largest absolute Gasteiger partial charge is 0.480 e. The summed E-state index contributed by atoms with van der Waals surface area (Å²) in [4.78, 5) is 15.2. The zero-order chi connectivity index (χ0) is 13.0. The Hall–Kier alpha value is -1.04. The van der Waals surface area contributed by atoms with E-state index in [1.165, 1.54) is 18.1 Å². The van der Waals surface area contributed by atoms with Gasteiger partial charge in [0.25, 0.3) is 0 Å². The average Bonchev–Trinajstić information content (AvgIpc) is 2.64. The number of carbonyl (C=O) groups is 1. The lowest BCUT2D eigenvalue weighted by atomic mass is 10.1. The summed E-state index contributed by atoms with van der Waals surface area (Å²) in [5.41, 5.74) is 0. The summed E-state index contributed by atoms with van der Waals surface area (Å²) in [6.07, 6.45) is 1.51. The Balaban J connectivity index is 2.66. The molecule has 0 aliphatic rings. The summed E-state index contributed by atoms with van der Waals surface area (Å²) in [5.74, 6) is 0.748. The molecule has 0 aliphatic heterocycles. The number of rotatable bonds is 6. The van der Waals surface area contributed by atoms with Crippen molar-refractivity contribution in [1.82, 2.24) is 14.8 Å². The van der Waals surface area contributed by atoms with Crippen molar-refractivity contribution in [2.75, 3.05) is 0 Å². The van der Waals surface area contributed by atoms with Crippen LogP contribution in [0.1, 0.15) is 39.6 Å². The van der Waals surface area contributed by atoms with Crippen LogP contribution in [0.25, 0.3) is 0 Å². The van der Waals surface area contributed by atoms with Crippen LogP contribution in [0, 0.1) is 5.92 Å². The van der Waals surface area contributed by atoms with Crippen LogP contribution in [0.5, 0.6) is 0 Å². The Morgan fingerprint density at radius 1 is 1.47 bits per heavy atom. The molecule has 0 bridgehead atoms. The molecule has 0 saturated carbocycles. The predicted molar refractivity (Wildman–Crippen MR) is 68.0 cm³/mol. The highest BCUT2D eigenvalue weighted by molar-refractivity contribution is 7.99. The van der Waals surface area contributed by atoms with Crippen molar-refractivity contribution in [3.8, 4) is 0 Å².